The quantitative estimate of drug-likeness (QED) is 0.845. The number of nitrogens with zero attached hydrogens (tertiary/aromatic N) is 2. The first-order valence-electron chi connectivity index (χ1n) is 9.16. The molecule has 3 rings (SSSR count). The van der Waals surface area contributed by atoms with Crippen molar-refractivity contribution >= 4 is 5.78 Å². The van der Waals surface area contributed by atoms with Gasteiger partial charge in [0, 0.05) is 23.1 Å². The van der Waals surface area contributed by atoms with E-state index >= 15 is 0 Å². The fourth-order valence-electron chi connectivity index (χ4n) is 4.63. The van der Waals surface area contributed by atoms with Gasteiger partial charge >= 0.3 is 0 Å². The monoisotopic (exact) mass is 348 g/mol. The molecular formula is C20H29FN2O2. The maximum absolute atomic E-state index is 13.0. The van der Waals surface area contributed by atoms with Crippen molar-refractivity contribution in [1.82, 2.24) is 9.96 Å². The highest BCUT2D eigenvalue weighted by Crippen LogP contribution is 2.42. The minimum atomic E-state index is -0.314. The lowest BCUT2D eigenvalue weighted by Gasteiger charge is -2.42. The molecule has 0 radical (unpaired) electrons. The van der Waals surface area contributed by atoms with E-state index in [0.29, 0.717) is 5.56 Å². The first-order chi connectivity index (χ1) is 11.6. The van der Waals surface area contributed by atoms with Gasteiger partial charge in [-0.1, -0.05) is 0 Å². The number of hydrogen-bond donors (Lipinski definition) is 1. The highest BCUT2D eigenvalue weighted by molar-refractivity contribution is 5.97. The molecule has 0 saturated carbocycles. The van der Waals surface area contributed by atoms with Crippen LogP contribution in [-0.4, -0.2) is 51.2 Å². The Morgan fingerprint density at radius 2 is 1.68 bits per heavy atom. The Labute approximate surface area is 149 Å². The summed E-state index contributed by atoms with van der Waals surface area (Å²) in [6.07, 6.45) is 2.54. The van der Waals surface area contributed by atoms with E-state index in [4.69, 9.17) is 0 Å². The van der Waals surface area contributed by atoms with E-state index in [9.17, 15) is 14.4 Å². The van der Waals surface area contributed by atoms with Crippen molar-refractivity contribution in [2.24, 2.45) is 5.92 Å². The van der Waals surface area contributed by atoms with Crippen LogP contribution >= 0.6 is 0 Å². The Kier molecular flexibility index (Phi) is 4.77. The van der Waals surface area contributed by atoms with Crippen LogP contribution in [0.4, 0.5) is 4.39 Å². The van der Waals surface area contributed by atoms with Crippen LogP contribution in [0.1, 0.15) is 57.3 Å². The van der Waals surface area contributed by atoms with Gasteiger partial charge in [0.05, 0.1) is 5.54 Å². The first-order valence-corrected chi connectivity index (χ1v) is 9.16. The second-order valence-electron chi connectivity index (χ2n) is 8.68. The van der Waals surface area contributed by atoms with E-state index in [1.807, 2.05) is 0 Å². The SMILES string of the molecule is CC1(C)CC(N2CCC(C(=O)c3ccc(F)cc3)CC2)C(C)(C)N1O. The molecule has 1 aromatic carbocycles. The molecule has 0 aliphatic carbocycles. The second-order valence-corrected chi connectivity index (χ2v) is 8.68. The van der Waals surface area contributed by atoms with Crippen molar-refractivity contribution in [3.63, 3.8) is 0 Å². The average molecular weight is 348 g/mol. The van der Waals surface area contributed by atoms with Gasteiger partial charge in [-0.15, -0.1) is 0 Å². The highest BCUT2D eigenvalue weighted by atomic mass is 19.1. The van der Waals surface area contributed by atoms with Crippen LogP contribution in [0.15, 0.2) is 24.3 Å². The van der Waals surface area contributed by atoms with Crippen molar-refractivity contribution < 1.29 is 14.4 Å². The van der Waals surface area contributed by atoms with Crippen LogP contribution in [0, 0.1) is 11.7 Å². The average Bonchev–Trinajstić information content (AvgIpc) is 2.75. The zero-order valence-electron chi connectivity index (χ0n) is 15.6. The number of carbonyl (C=O) groups excluding carboxylic acids is 1. The summed E-state index contributed by atoms with van der Waals surface area (Å²) in [5.41, 5.74) is 0.0513. The number of benzene rings is 1. The molecule has 5 heteroatoms. The topological polar surface area (TPSA) is 43.8 Å². The number of hydrogen-bond acceptors (Lipinski definition) is 4. The van der Waals surface area contributed by atoms with Gasteiger partial charge in [-0.05, 0) is 84.3 Å². The van der Waals surface area contributed by atoms with Crippen molar-refractivity contribution in [2.45, 2.75) is 64.1 Å². The molecule has 2 saturated heterocycles. The Bertz CT molecular complexity index is 634. The summed E-state index contributed by atoms with van der Waals surface area (Å²) < 4.78 is 13.0. The van der Waals surface area contributed by atoms with Crippen LogP contribution in [0.2, 0.25) is 0 Å². The summed E-state index contributed by atoms with van der Waals surface area (Å²) in [4.78, 5) is 15.1. The number of halogens is 1. The molecule has 2 heterocycles. The summed E-state index contributed by atoms with van der Waals surface area (Å²) in [7, 11) is 0. The molecule has 4 nitrogen and oxygen atoms in total. The Morgan fingerprint density at radius 3 is 2.16 bits per heavy atom. The smallest absolute Gasteiger partial charge is 0.166 e. The van der Waals surface area contributed by atoms with Gasteiger partial charge in [0.15, 0.2) is 5.78 Å². The molecular weight excluding hydrogens is 319 g/mol. The van der Waals surface area contributed by atoms with Gasteiger partial charge in [-0.3, -0.25) is 9.69 Å². The summed E-state index contributed by atoms with van der Waals surface area (Å²) in [6.45, 7) is 10.0. The molecule has 1 N–H and O–H groups in total. The van der Waals surface area contributed by atoms with Crippen LogP contribution in [0.3, 0.4) is 0 Å². The van der Waals surface area contributed by atoms with Crippen LogP contribution in [0.25, 0.3) is 0 Å². The number of hydroxylamine groups is 2. The first kappa shape index (κ1) is 18.5. The molecule has 2 aliphatic heterocycles. The number of Topliss-reactive ketones (excluding diaryl/α,β-unsaturated/α-hetero) is 1. The predicted octanol–water partition coefficient (Wildman–Crippen LogP) is 3.74. The van der Waals surface area contributed by atoms with Crippen molar-refractivity contribution in [1.29, 1.82) is 0 Å². The fourth-order valence-corrected chi connectivity index (χ4v) is 4.63. The third-order valence-corrected chi connectivity index (χ3v) is 6.10. The van der Waals surface area contributed by atoms with Crippen molar-refractivity contribution in [2.75, 3.05) is 13.1 Å². The van der Waals surface area contributed by atoms with Gasteiger partial charge in [0.25, 0.3) is 0 Å². The molecule has 2 aliphatic rings. The number of rotatable bonds is 3. The third kappa shape index (κ3) is 3.37. The Hall–Kier alpha value is -1.30. The van der Waals surface area contributed by atoms with Crippen LogP contribution in [0.5, 0.6) is 0 Å². The number of likely N-dealkylation sites (tertiary alicyclic amines) is 1. The molecule has 138 valence electrons. The molecule has 25 heavy (non-hydrogen) atoms. The van der Waals surface area contributed by atoms with Gasteiger partial charge in [-0.25, -0.2) is 4.39 Å². The van der Waals surface area contributed by atoms with Crippen LogP contribution < -0.4 is 0 Å². The highest BCUT2D eigenvalue weighted by Gasteiger charge is 2.53. The minimum Gasteiger partial charge on any atom is -0.313 e. The van der Waals surface area contributed by atoms with Gasteiger partial charge < -0.3 is 5.21 Å². The minimum absolute atomic E-state index is 0.00414. The molecule has 0 bridgehead atoms. The zero-order valence-corrected chi connectivity index (χ0v) is 15.6. The number of ketones is 1. The lowest BCUT2D eigenvalue weighted by Crippen LogP contribution is -2.55. The summed E-state index contributed by atoms with van der Waals surface area (Å²) >= 11 is 0. The predicted molar refractivity (Wildman–Crippen MR) is 95.2 cm³/mol. The molecule has 1 unspecified atom stereocenters. The Balaban J connectivity index is 1.64. The van der Waals surface area contributed by atoms with E-state index in [2.05, 4.69) is 32.6 Å². The standard InChI is InChI=1S/C20H29FN2O2/c1-19(2)13-17(20(3,4)23(19)25)22-11-9-15(10-12-22)18(24)14-5-7-16(21)8-6-14/h5-8,15,17,25H,9-13H2,1-4H3. The molecule has 1 aromatic rings. The molecule has 2 fully saturated rings. The molecule has 0 amide bonds. The number of piperidine rings is 1. The fraction of sp³-hybridized carbons (Fsp3) is 0.650. The molecule has 1 atom stereocenters. The van der Waals surface area contributed by atoms with E-state index in [1.165, 1.54) is 17.2 Å². The summed E-state index contributed by atoms with van der Waals surface area (Å²) in [6, 6.07) is 6.13. The molecule has 0 aromatic heterocycles. The summed E-state index contributed by atoms with van der Waals surface area (Å²) in [5, 5.41) is 12.0. The zero-order chi connectivity index (χ0) is 18.4. The summed E-state index contributed by atoms with van der Waals surface area (Å²) in [5.74, 6) is -0.190. The van der Waals surface area contributed by atoms with Crippen molar-refractivity contribution in [3.05, 3.63) is 35.6 Å². The van der Waals surface area contributed by atoms with E-state index in [0.717, 1.165) is 32.4 Å². The Morgan fingerprint density at radius 1 is 1.12 bits per heavy atom. The van der Waals surface area contributed by atoms with Gasteiger partial charge in [0.1, 0.15) is 5.82 Å². The maximum Gasteiger partial charge on any atom is 0.166 e. The van der Waals surface area contributed by atoms with Gasteiger partial charge in [-0.2, -0.15) is 5.06 Å². The van der Waals surface area contributed by atoms with Gasteiger partial charge in [0.2, 0.25) is 0 Å². The van der Waals surface area contributed by atoms with E-state index < -0.39 is 0 Å². The number of carbonyl (C=O) groups is 1. The second kappa shape index (κ2) is 6.45. The van der Waals surface area contributed by atoms with E-state index in [1.54, 1.807) is 12.1 Å². The third-order valence-electron chi connectivity index (χ3n) is 6.10. The van der Waals surface area contributed by atoms with Crippen LogP contribution in [-0.2, 0) is 0 Å². The maximum atomic E-state index is 13.0. The lowest BCUT2D eigenvalue weighted by molar-refractivity contribution is -0.198. The normalized spacial score (nSPS) is 27.5. The van der Waals surface area contributed by atoms with Crippen molar-refractivity contribution in [3.8, 4) is 0 Å². The lowest BCUT2D eigenvalue weighted by atomic mass is 9.85. The van der Waals surface area contributed by atoms with E-state index in [-0.39, 0.29) is 34.6 Å². The molecule has 0 spiro atoms. The largest absolute Gasteiger partial charge is 0.313 e.